The number of aryl methyl sites for hydroxylation is 1. The molecular weight excluding hydrogens is 234 g/mol. The summed E-state index contributed by atoms with van der Waals surface area (Å²) in [5.41, 5.74) is 0.280. The second-order valence-electron chi connectivity index (χ2n) is 4.63. The molecule has 2 aromatic rings. The number of aliphatic hydroxyl groups excluding tert-OH is 1. The van der Waals surface area contributed by atoms with Crippen molar-refractivity contribution < 1.29 is 5.11 Å². The summed E-state index contributed by atoms with van der Waals surface area (Å²) in [5.74, 6) is 1.36. The third-order valence-corrected chi connectivity index (χ3v) is 3.28. The number of β-amino-alcohol motifs (C(OH)–C–C–N with tert-alkyl or cyclic N) is 1. The fraction of sp³-hybridized carbons (Fsp3) is 0.545. The van der Waals surface area contributed by atoms with E-state index >= 15 is 0 Å². The molecule has 0 amide bonds. The van der Waals surface area contributed by atoms with E-state index in [9.17, 15) is 9.90 Å². The van der Waals surface area contributed by atoms with Crippen LogP contribution in [0.15, 0.2) is 10.9 Å². The summed E-state index contributed by atoms with van der Waals surface area (Å²) in [7, 11) is 0. The topological polar surface area (TPSA) is 86.5 Å². The molecule has 0 bridgehead atoms. The number of aromatic amines is 1. The van der Waals surface area contributed by atoms with Crippen molar-refractivity contribution in [2.75, 3.05) is 18.0 Å². The van der Waals surface area contributed by atoms with Crippen molar-refractivity contribution in [2.24, 2.45) is 0 Å². The first kappa shape index (κ1) is 11.2. The molecule has 3 heterocycles. The largest absolute Gasteiger partial charge is 0.391 e. The van der Waals surface area contributed by atoms with Crippen LogP contribution < -0.4 is 10.6 Å². The molecule has 1 atom stereocenters. The molecule has 2 N–H and O–H groups in total. The molecule has 0 spiro atoms. The lowest BCUT2D eigenvalue weighted by atomic mass is 10.1. The van der Waals surface area contributed by atoms with Gasteiger partial charge in [-0.3, -0.25) is 0 Å². The predicted octanol–water partition coefficient (Wildman–Crippen LogP) is -0.313. The number of aromatic nitrogens is 4. The number of nitrogens with one attached hydrogen (secondary N) is 1. The van der Waals surface area contributed by atoms with Gasteiger partial charge in [0.2, 0.25) is 0 Å². The zero-order valence-electron chi connectivity index (χ0n) is 10.1. The maximum atomic E-state index is 11.5. The van der Waals surface area contributed by atoms with E-state index in [0.29, 0.717) is 18.0 Å². The Hall–Kier alpha value is -1.89. The standard InChI is InChI=1S/C11H15N5O2/c1-7-12-9(15-4-2-3-8(17)6-15)5-10-13-14-11(18)16(7)10/h5,8,17H,2-4,6H2,1H3,(H,14,18)/t8-/m0/s1. The molecule has 0 aliphatic carbocycles. The van der Waals surface area contributed by atoms with E-state index in [0.717, 1.165) is 25.2 Å². The molecule has 1 fully saturated rings. The third kappa shape index (κ3) is 1.76. The molecule has 1 saturated heterocycles. The number of aliphatic hydroxyl groups is 1. The zero-order valence-corrected chi connectivity index (χ0v) is 10.1. The maximum Gasteiger partial charge on any atom is 0.349 e. The summed E-state index contributed by atoms with van der Waals surface area (Å²) in [6.07, 6.45) is 1.47. The van der Waals surface area contributed by atoms with Crippen molar-refractivity contribution in [1.82, 2.24) is 19.6 Å². The lowest BCUT2D eigenvalue weighted by Gasteiger charge is -2.31. The lowest BCUT2D eigenvalue weighted by Crippen LogP contribution is -2.39. The number of H-pyrrole nitrogens is 1. The van der Waals surface area contributed by atoms with Gasteiger partial charge in [0.15, 0.2) is 5.65 Å². The third-order valence-electron chi connectivity index (χ3n) is 3.28. The summed E-state index contributed by atoms with van der Waals surface area (Å²) in [4.78, 5) is 17.9. The number of rotatable bonds is 1. The molecule has 3 rings (SSSR count). The van der Waals surface area contributed by atoms with Crippen LogP contribution in [0.1, 0.15) is 18.7 Å². The van der Waals surface area contributed by atoms with Gasteiger partial charge in [0.05, 0.1) is 6.10 Å². The monoisotopic (exact) mass is 249 g/mol. The van der Waals surface area contributed by atoms with Gasteiger partial charge in [0, 0.05) is 19.2 Å². The van der Waals surface area contributed by atoms with Crippen LogP contribution in [-0.4, -0.2) is 43.9 Å². The Morgan fingerprint density at radius 2 is 2.39 bits per heavy atom. The average molecular weight is 249 g/mol. The van der Waals surface area contributed by atoms with Gasteiger partial charge in [-0.2, -0.15) is 5.10 Å². The Morgan fingerprint density at radius 3 is 3.17 bits per heavy atom. The number of anilines is 1. The molecule has 7 heteroatoms. The minimum atomic E-state index is -0.307. The highest BCUT2D eigenvalue weighted by atomic mass is 16.3. The van der Waals surface area contributed by atoms with Crippen molar-refractivity contribution in [3.05, 3.63) is 22.4 Å². The Kier molecular flexibility index (Phi) is 2.55. The first-order chi connectivity index (χ1) is 8.65. The Bertz CT molecular complexity index is 632. The highest BCUT2D eigenvalue weighted by Gasteiger charge is 2.20. The fourth-order valence-corrected chi connectivity index (χ4v) is 2.41. The quantitative estimate of drug-likeness (QED) is 0.724. The number of fused-ring (bicyclic) bond motifs is 1. The summed E-state index contributed by atoms with van der Waals surface area (Å²) >= 11 is 0. The molecule has 0 aromatic carbocycles. The van der Waals surface area contributed by atoms with Crippen LogP contribution in [0.3, 0.4) is 0 Å². The van der Waals surface area contributed by atoms with Gasteiger partial charge in [-0.05, 0) is 19.8 Å². The van der Waals surface area contributed by atoms with E-state index in [2.05, 4.69) is 15.2 Å². The molecule has 96 valence electrons. The molecule has 7 nitrogen and oxygen atoms in total. The zero-order chi connectivity index (χ0) is 12.7. The molecule has 1 aliphatic rings. The predicted molar refractivity (Wildman–Crippen MR) is 65.8 cm³/mol. The molecule has 0 radical (unpaired) electrons. The van der Waals surface area contributed by atoms with Gasteiger partial charge in [0.25, 0.3) is 0 Å². The first-order valence-electron chi connectivity index (χ1n) is 6.03. The Morgan fingerprint density at radius 1 is 1.56 bits per heavy atom. The van der Waals surface area contributed by atoms with Crippen molar-refractivity contribution in [3.63, 3.8) is 0 Å². The van der Waals surface area contributed by atoms with E-state index in [1.165, 1.54) is 4.40 Å². The van der Waals surface area contributed by atoms with Gasteiger partial charge in [-0.25, -0.2) is 19.3 Å². The van der Waals surface area contributed by atoms with Crippen LogP contribution in [0.25, 0.3) is 5.65 Å². The highest BCUT2D eigenvalue weighted by Crippen LogP contribution is 2.19. The number of hydrogen-bond acceptors (Lipinski definition) is 5. The second kappa shape index (κ2) is 4.09. The van der Waals surface area contributed by atoms with E-state index < -0.39 is 0 Å². The van der Waals surface area contributed by atoms with E-state index in [1.54, 1.807) is 13.0 Å². The number of nitrogens with zero attached hydrogens (tertiary/aromatic N) is 4. The molecule has 2 aromatic heterocycles. The number of hydrogen-bond donors (Lipinski definition) is 2. The SMILES string of the molecule is Cc1nc(N2CCC[C@H](O)C2)cc2n[nH]c(=O)n12. The minimum absolute atomic E-state index is 0.278. The van der Waals surface area contributed by atoms with Crippen molar-refractivity contribution in [3.8, 4) is 0 Å². The molecule has 0 saturated carbocycles. The lowest BCUT2D eigenvalue weighted by molar-refractivity contribution is 0.154. The number of piperidine rings is 1. The van der Waals surface area contributed by atoms with E-state index in [-0.39, 0.29) is 11.8 Å². The summed E-state index contributed by atoms with van der Waals surface area (Å²) in [6.45, 7) is 3.22. The van der Waals surface area contributed by atoms with Crippen LogP contribution in [0.5, 0.6) is 0 Å². The summed E-state index contributed by atoms with van der Waals surface area (Å²) in [6, 6.07) is 1.77. The van der Waals surface area contributed by atoms with Gasteiger partial charge in [-0.15, -0.1) is 0 Å². The van der Waals surface area contributed by atoms with Gasteiger partial charge >= 0.3 is 5.69 Å². The van der Waals surface area contributed by atoms with Crippen molar-refractivity contribution in [2.45, 2.75) is 25.9 Å². The van der Waals surface area contributed by atoms with E-state index in [1.807, 2.05) is 4.90 Å². The van der Waals surface area contributed by atoms with Crippen molar-refractivity contribution in [1.29, 1.82) is 0 Å². The molecule has 0 unspecified atom stereocenters. The first-order valence-corrected chi connectivity index (χ1v) is 6.03. The molecule has 18 heavy (non-hydrogen) atoms. The highest BCUT2D eigenvalue weighted by molar-refractivity contribution is 5.51. The van der Waals surface area contributed by atoms with E-state index in [4.69, 9.17) is 0 Å². The maximum absolute atomic E-state index is 11.5. The normalized spacial score (nSPS) is 20.6. The van der Waals surface area contributed by atoms with Gasteiger partial charge in [-0.1, -0.05) is 0 Å². The molecule has 1 aliphatic heterocycles. The Balaban J connectivity index is 2.04. The van der Waals surface area contributed by atoms with Gasteiger partial charge in [0.1, 0.15) is 11.6 Å². The second-order valence-corrected chi connectivity index (χ2v) is 4.63. The van der Waals surface area contributed by atoms with Crippen LogP contribution in [-0.2, 0) is 0 Å². The molecular formula is C11H15N5O2. The van der Waals surface area contributed by atoms with Crippen LogP contribution in [0.2, 0.25) is 0 Å². The summed E-state index contributed by atoms with van der Waals surface area (Å²) < 4.78 is 1.43. The van der Waals surface area contributed by atoms with Gasteiger partial charge < -0.3 is 10.0 Å². The van der Waals surface area contributed by atoms with Crippen LogP contribution in [0, 0.1) is 6.92 Å². The van der Waals surface area contributed by atoms with Crippen molar-refractivity contribution >= 4 is 11.5 Å². The average Bonchev–Trinajstić information content (AvgIpc) is 2.71. The fourth-order valence-electron chi connectivity index (χ4n) is 2.41. The summed E-state index contributed by atoms with van der Waals surface area (Å²) in [5, 5.41) is 16.0. The Labute approximate surface area is 103 Å². The van der Waals surface area contributed by atoms with Crippen LogP contribution >= 0.6 is 0 Å². The minimum Gasteiger partial charge on any atom is -0.391 e. The van der Waals surface area contributed by atoms with Crippen LogP contribution in [0.4, 0.5) is 5.82 Å². The smallest absolute Gasteiger partial charge is 0.349 e.